The SMILES string of the molecule is Cc1ncc(CNC(=O)C2(/C(N)=N/O)CCC2)s1. The Morgan fingerprint density at radius 3 is 2.89 bits per heavy atom. The number of aromatic nitrogens is 1. The number of oxime groups is 1. The molecule has 1 fully saturated rings. The third-order valence-corrected chi connectivity index (χ3v) is 4.24. The molecule has 0 radical (unpaired) electrons. The Labute approximate surface area is 109 Å². The van der Waals surface area contributed by atoms with Crippen molar-refractivity contribution in [1.82, 2.24) is 10.3 Å². The van der Waals surface area contributed by atoms with Crippen molar-refractivity contribution in [3.8, 4) is 0 Å². The van der Waals surface area contributed by atoms with Gasteiger partial charge in [0.25, 0.3) is 0 Å². The second-order valence-electron chi connectivity index (χ2n) is 4.45. The molecule has 1 aliphatic carbocycles. The molecule has 1 saturated carbocycles. The first-order valence-corrected chi connectivity index (χ1v) is 6.58. The molecule has 6 nitrogen and oxygen atoms in total. The van der Waals surface area contributed by atoms with Crippen LogP contribution < -0.4 is 11.1 Å². The highest BCUT2D eigenvalue weighted by Crippen LogP contribution is 2.41. The standard InChI is InChI=1S/C11H16N4O2S/c1-7-13-5-8(18-7)6-14-10(16)11(3-2-4-11)9(12)15-17/h5,17H,2-4,6H2,1H3,(H2,12,15)(H,14,16). The number of amides is 1. The minimum absolute atomic E-state index is 0.00624. The first-order valence-electron chi connectivity index (χ1n) is 5.76. The number of hydrogen-bond acceptors (Lipinski definition) is 5. The molecule has 1 aromatic rings. The van der Waals surface area contributed by atoms with E-state index in [4.69, 9.17) is 10.9 Å². The topological polar surface area (TPSA) is 101 Å². The zero-order valence-corrected chi connectivity index (χ0v) is 11.0. The van der Waals surface area contributed by atoms with Crippen molar-refractivity contribution < 1.29 is 10.0 Å². The van der Waals surface area contributed by atoms with Crippen LogP contribution in [0.3, 0.4) is 0 Å². The fourth-order valence-corrected chi connectivity index (χ4v) is 2.78. The van der Waals surface area contributed by atoms with Crippen molar-refractivity contribution in [2.24, 2.45) is 16.3 Å². The molecule has 0 bridgehead atoms. The summed E-state index contributed by atoms with van der Waals surface area (Å²) in [7, 11) is 0. The van der Waals surface area contributed by atoms with Crippen molar-refractivity contribution in [2.75, 3.05) is 0 Å². The lowest BCUT2D eigenvalue weighted by Crippen LogP contribution is -2.53. The zero-order chi connectivity index (χ0) is 13.2. The molecule has 0 aromatic carbocycles. The molecule has 0 aliphatic heterocycles. The van der Waals surface area contributed by atoms with E-state index in [9.17, 15) is 4.79 Å². The van der Waals surface area contributed by atoms with Gasteiger partial charge < -0.3 is 16.3 Å². The maximum Gasteiger partial charge on any atom is 0.234 e. The lowest BCUT2D eigenvalue weighted by molar-refractivity contribution is -0.131. The summed E-state index contributed by atoms with van der Waals surface area (Å²) in [6, 6.07) is 0. The van der Waals surface area contributed by atoms with E-state index < -0.39 is 5.41 Å². The number of thiazole rings is 1. The molecule has 1 heterocycles. The lowest BCUT2D eigenvalue weighted by atomic mass is 9.67. The summed E-state index contributed by atoms with van der Waals surface area (Å²) < 4.78 is 0. The van der Waals surface area contributed by atoms with E-state index in [-0.39, 0.29) is 11.7 Å². The number of nitrogens with two attached hydrogens (primary N) is 1. The van der Waals surface area contributed by atoms with Crippen LogP contribution in [0.4, 0.5) is 0 Å². The predicted molar refractivity (Wildman–Crippen MR) is 68.4 cm³/mol. The Morgan fingerprint density at radius 2 is 2.44 bits per heavy atom. The molecule has 98 valence electrons. The maximum atomic E-state index is 12.1. The second kappa shape index (κ2) is 4.93. The van der Waals surface area contributed by atoms with Crippen LogP contribution in [0.1, 0.15) is 29.1 Å². The summed E-state index contributed by atoms with van der Waals surface area (Å²) >= 11 is 1.54. The average Bonchev–Trinajstić information content (AvgIpc) is 2.70. The van der Waals surface area contributed by atoms with E-state index in [1.165, 1.54) is 0 Å². The largest absolute Gasteiger partial charge is 0.409 e. The summed E-state index contributed by atoms with van der Waals surface area (Å²) in [6.07, 6.45) is 3.94. The van der Waals surface area contributed by atoms with Gasteiger partial charge in [0, 0.05) is 11.1 Å². The molecule has 0 spiro atoms. The Balaban J connectivity index is 1.99. The number of nitrogens with one attached hydrogen (secondary N) is 1. The van der Waals surface area contributed by atoms with E-state index >= 15 is 0 Å². The van der Waals surface area contributed by atoms with Gasteiger partial charge in [-0.1, -0.05) is 11.6 Å². The number of nitrogens with zero attached hydrogens (tertiary/aromatic N) is 2. The van der Waals surface area contributed by atoms with Crippen molar-refractivity contribution in [3.63, 3.8) is 0 Å². The van der Waals surface area contributed by atoms with Crippen molar-refractivity contribution in [1.29, 1.82) is 0 Å². The number of carbonyl (C=O) groups excluding carboxylic acids is 1. The molecule has 0 atom stereocenters. The van der Waals surface area contributed by atoms with Crippen LogP contribution in [0.25, 0.3) is 0 Å². The molecule has 1 amide bonds. The van der Waals surface area contributed by atoms with Crippen molar-refractivity contribution >= 4 is 23.1 Å². The summed E-state index contributed by atoms with van der Waals surface area (Å²) in [5.74, 6) is -0.165. The van der Waals surface area contributed by atoms with Crippen LogP contribution in [0.2, 0.25) is 0 Å². The molecular weight excluding hydrogens is 252 g/mol. The van der Waals surface area contributed by atoms with E-state index in [2.05, 4.69) is 15.5 Å². The Bertz CT molecular complexity index is 479. The van der Waals surface area contributed by atoms with Gasteiger partial charge in [-0.05, 0) is 19.8 Å². The summed E-state index contributed by atoms with van der Waals surface area (Å²) in [6.45, 7) is 2.35. The Kier molecular flexibility index (Phi) is 3.51. The first-order chi connectivity index (χ1) is 8.58. The van der Waals surface area contributed by atoms with Gasteiger partial charge in [-0.2, -0.15) is 0 Å². The van der Waals surface area contributed by atoms with Crippen molar-refractivity contribution in [3.05, 3.63) is 16.1 Å². The zero-order valence-electron chi connectivity index (χ0n) is 10.1. The molecule has 1 aliphatic rings. The molecule has 2 rings (SSSR count). The minimum Gasteiger partial charge on any atom is -0.409 e. The average molecular weight is 268 g/mol. The van der Waals surface area contributed by atoms with Crippen LogP contribution in [0.15, 0.2) is 11.4 Å². The molecule has 0 unspecified atom stereocenters. The predicted octanol–water partition coefficient (Wildman–Crippen LogP) is 0.984. The van der Waals surface area contributed by atoms with Gasteiger partial charge in [-0.25, -0.2) is 4.98 Å². The summed E-state index contributed by atoms with van der Waals surface area (Å²) in [5.41, 5.74) is 4.81. The number of rotatable bonds is 4. The van der Waals surface area contributed by atoms with Gasteiger partial charge in [-0.3, -0.25) is 4.79 Å². The third kappa shape index (κ3) is 2.17. The number of amidine groups is 1. The summed E-state index contributed by atoms with van der Waals surface area (Å²) in [5, 5.41) is 15.5. The maximum absolute atomic E-state index is 12.1. The summed E-state index contributed by atoms with van der Waals surface area (Å²) in [4.78, 5) is 17.2. The van der Waals surface area contributed by atoms with Gasteiger partial charge in [0.05, 0.1) is 11.6 Å². The highest BCUT2D eigenvalue weighted by Gasteiger charge is 2.48. The third-order valence-electron chi connectivity index (χ3n) is 3.33. The molecule has 4 N–H and O–H groups in total. The molecular formula is C11H16N4O2S. The normalized spacial score (nSPS) is 18.2. The van der Waals surface area contributed by atoms with Crippen LogP contribution in [0, 0.1) is 12.3 Å². The fourth-order valence-electron chi connectivity index (χ4n) is 2.05. The van der Waals surface area contributed by atoms with Gasteiger partial charge in [0.15, 0.2) is 5.84 Å². The van der Waals surface area contributed by atoms with Crippen molar-refractivity contribution in [2.45, 2.75) is 32.7 Å². The number of hydrogen-bond donors (Lipinski definition) is 3. The Hall–Kier alpha value is -1.63. The number of carbonyl (C=O) groups is 1. The fraction of sp³-hybridized carbons (Fsp3) is 0.545. The quantitative estimate of drug-likeness (QED) is 0.328. The van der Waals surface area contributed by atoms with Crippen LogP contribution in [-0.2, 0) is 11.3 Å². The van der Waals surface area contributed by atoms with Gasteiger partial charge in [0.1, 0.15) is 5.41 Å². The smallest absolute Gasteiger partial charge is 0.234 e. The molecule has 7 heteroatoms. The molecule has 0 saturated heterocycles. The van der Waals surface area contributed by atoms with E-state index in [1.54, 1.807) is 17.5 Å². The van der Waals surface area contributed by atoms with Gasteiger partial charge in [0.2, 0.25) is 5.91 Å². The van der Waals surface area contributed by atoms with Crippen LogP contribution in [0.5, 0.6) is 0 Å². The van der Waals surface area contributed by atoms with Gasteiger partial charge >= 0.3 is 0 Å². The first kappa shape index (κ1) is 12.8. The highest BCUT2D eigenvalue weighted by molar-refractivity contribution is 7.11. The number of aryl methyl sites for hydroxylation is 1. The van der Waals surface area contributed by atoms with Crippen LogP contribution >= 0.6 is 11.3 Å². The Morgan fingerprint density at radius 1 is 1.72 bits per heavy atom. The molecule has 18 heavy (non-hydrogen) atoms. The van der Waals surface area contributed by atoms with E-state index in [0.717, 1.165) is 16.3 Å². The van der Waals surface area contributed by atoms with E-state index in [1.807, 2.05) is 6.92 Å². The second-order valence-corrected chi connectivity index (χ2v) is 5.77. The van der Waals surface area contributed by atoms with E-state index in [0.29, 0.717) is 19.4 Å². The monoisotopic (exact) mass is 268 g/mol. The molecule has 1 aromatic heterocycles. The highest BCUT2D eigenvalue weighted by atomic mass is 32.1. The van der Waals surface area contributed by atoms with Crippen LogP contribution in [-0.4, -0.2) is 21.9 Å². The lowest BCUT2D eigenvalue weighted by Gasteiger charge is -2.38. The minimum atomic E-state index is -0.811. The van der Waals surface area contributed by atoms with Gasteiger partial charge in [-0.15, -0.1) is 11.3 Å².